The third-order valence-corrected chi connectivity index (χ3v) is 2.03. The van der Waals surface area contributed by atoms with E-state index in [0.29, 0.717) is 0 Å². The van der Waals surface area contributed by atoms with E-state index in [2.05, 4.69) is 13.8 Å². The van der Waals surface area contributed by atoms with Gasteiger partial charge in [0.2, 0.25) is 0 Å². The molecule has 0 aliphatic carbocycles. The van der Waals surface area contributed by atoms with Crippen LogP contribution in [0, 0.1) is 5.41 Å². The van der Waals surface area contributed by atoms with Crippen molar-refractivity contribution in [1.82, 2.24) is 0 Å². The van der Waals surface area contributed by atoms with E-state index >= 15 is 0 Å². The van der Waals surface area contributed by atoms with Gasteiger partial charge < -0.3 is 0 Å². The maximum absolute atomic E-state index is 12.2. The molecule has 0 heterocycles. The highest BCUT2D eigenvalue weighted by Gasteiger charge is 2.19. The quantitative estimate of drug-likeness (QED) is 0.581. The second-order valence-corrected chi connectivity index (χ2v) is 3.05. The summed E-state index contributed by atoms with van der Waals surface area (Å²) in [6.07, 6.45) is 3.06. The van der Waals surface area contributed by atoms with Gasteiger partial charge in [-0.1, -0.05) is 41.0 Å². The van der Waals surface area contributed by atoms with Crippen molar-refractivity contribution in [2.24, 2.45) is 5.41 Å². The van der Waals surface area contributed by atoms with Crippen molar-refractivity contribution < 1.29 is 4.39 Å². The van der Waals surface area contributed by atoms with E-state index < -0.39 is 0 Å². The van der Waals surface area contributed by atoms with Gasteiger partial charge >= 0.3 is 0 Å². The van der Waals surface area contributed by atoms with Gasteiger partial charge in [-0.25, -0.2) is 0 Å². The van der Waals surface area contributed by atoms with Crippen LogP contribution in [0.2, 0.25) is 0 Å². The minimum atomic E-state index is -0.169. The summed E-state index contributed by atoms with van der Waals surface area (Å²) >= 11 is 0. The van der Waals surface area contributed by atoms with Crippen LogP contribution < -0.4 is 0 Å². The standard InChI is InChI=1S/C8H17F.C2H6/c1-4-6-8(3,5-2)7-9;1-2/h4-7H2,1-3H3;1-2H3. The first-order chi connectivity index (χ1) is 5.18. The van der Waals surface area contributed by atoms with Crippen molar-refractivity contribution in [3.05, 3.63) is 0 Å². The van der Waals surface area contributed by atoms with Crippen molar-refractivity contribution in [2.75, 3.05) is 6.67 Å². The van der Waals surface area contributed by atoms with Crippen LogP contribution in [-0.2, 0) is 0 Å². The van der Waals surface area contributed by atoms with E-state index in [-0.39, 0.29) is 12.1 Å². The van der Waals surface area contributed by atoms with Crippen LogP contribution in [0.15, 0.2) is 0 Å². The fourth-order valence-corrected chi connectivity index (χ4v) is 0.942. The molecule has 0 aromatic heterocycles. The van der Waals surface area contributed by atoms with Gasteiger partial charge in [0.25, 0.3) is 0 Å². The smallest absolute Gasteiger partial charge is 0.0947 e. The molecule has 70 valence electrons. The average molecular weight is 162 g/mol. The second-order valence-electron chi connectivity index (χ2n) is 3.05. The molecular formula is C10H23F. The molecule has 0 fully saturated rings. The molecule has 1 atom stereocenters. The van der Waals surface area contributed by atoms with Crippen molar-refractivity contribution in [3.8, 4) is 0 Å². The number of rotatable bonds is 4. The van der Waals surface area contributed by atoms with Gasteiger partial charge in [-0.2, -0.15) is 0 Å². The summed E-state index contributed by atoms with van der Waals surface area (Å²) in [4.78, 5) is 0. The van der Waals surface area contributed by atoms with Crippen molar-refractivity contribution in [2.45, 2.75) is 53.9 Å². The van der Waals surface area contributed by atoms with Gasteiger partial charge in [0.15, 0.2) is 0 Å². The van der Waals surface area contributed by atoms with Gasteiger partial charge in [-0.15, -0.1) is 0 Å². The Kier molecular flexibility index (Phi) is 9.87. The average Bonchev–Trinajstić information content (AvgIpc) is 2.08. The van der Waals surface area contributed by atoms with Crippen molar-refractivity contribution >= 4 is 0 Å². The predicted molar refractivity (Wildman–Crippen MR) is 50.6 cm³/mol. The van der Waals surface area contributed by atoms with E-state index in [9.17, 15) is 4.39 Å². The van der Waals surface area contributed by atoms with Gasteiger partial charge in [-0.05, 0) is 18.3 Å². The van der Waals surface area contributed by atoms with Gasteiger partial charge in [0.05, 0.1) is 6.67 Å². The van der Waals surface area contributed by atoms with E-state index in [0.717, 1.165) is 19.3 Å². The highest BCUT2D eigenvalue weighted by atomic mass is 19.1. The van der Waals surface area contributed by atoms with Crippen molar-refractivity contribution in [3.63, 3.8) is 0 Å². The molecule has 11 heavy (non-hydrogen) atoms. The Morgan fingerprint density at radius 1 is 1.18 bits per heavy atom. The fourth-order valence-electron chi connectivity index (χ4n) is 0.942. The zero-order valence-corrected chi connectivity index (χ0v) is 8.71. The largest absolute Gasteiger partial charge is 0.251 e. The molecule has 0 aliphatic rings. The lowest BCUT2D eigenvalue weighted by Gasteiger charge is -2.22. The zero-order valence-electron chi connectivity index (χ0n) is 8.71. The Balaban J connectivity index is 0. The molecule has 0 N–H and O–H groups in total. The fraction of sp³-hybridized carbons (Fsp3) is 1.00. The summed E-state index contributed by atoms with van der Waals surface area (Å²) in [7, 11) is 0. The summed E-state index contributed by atoms with van der Waals surface area (Å²) in [5, 5.41) is 0. The van der Waals surface area contributed by atoms with Crippen LogP contribution in [0.25, 0.3) is 0 Å². The summed E-state index contributed by atoms with van der Waals surface area (Å²) in [6, 6.07) is 0. The molecule has 0 saturated carbocycles. The molecule has 0 aromatic rings. The molecule has 0 rings (SSSR count). The monoisotopic (exact) mass is 162 g/mol. The molecule has 0 aromatic carbocycles. The highest BCUT2D eigenvalue weighted by molar-refractivity contribution is 4.70. The Morgan fingerprint density at radius 3 is 1.73 bits per heavy atom. The highest BCUT2D eigenvalue weighted by Crippen LogP contribution is 2.27. The third kappa shape index (κ3) is 6.33. The number of hydrogen-bond donors (Lipinski definition) is 0. The van der Waals surface area contributed by atoms with Crippen molar-refractivity contribution in [1.29, 1.82) is 0 Å². The Hall–Kier alpha value is -0.0700. The Labute approximate surface area is 71.2 Å². The van der Waals surface area contributed by atoms with E-state index in [1.807, 2.05) is 20.8 Å². The van der Waals surface area contributed by atoms with E-state index in [1.165, 1.54) is 0 Å². The first kappa shape index (κ1) is 13.5. The number of halogens is 1. The minimum Gasteiger partial charge on any atom is -0.251 e. The van der Waals surface area contributed by atoms with E-state index in [1.54, 1.807) is 0 Å². The maximum atomic E-state index is 12.2. The first-order valence-electron chi connectivity index (χ1n) is 4.74. The normalized spacial score (nSPS) is 14.7. The van der Waals surface area contributed by atoms with Crippen LogP contribution in [0.4, 0.5) is 4.39 Å². The number of alkyl halides is 1. The molecule has 1 unspecified atom stereocenters. The summed E-state index contributed by atoms with van der Waals surface area (Å²) in [6.45, 7) is 9.99. The topological polar surface area (TPSA) is 0 Å². The SMILES string of the molecule is CC.CCCC(C)(CC)CF. The van der Waals surface area contributed by atoms with Crippen LogP contribution in [0.3, 0.4) is 0 Å². The van der Waals surface area contributed by atoms with Crippen LogP contribution >= 0.6 is 0 Å². The minimum absolute atomic E-state index is 0.0330. The van der Waals surface area contributed by atoms with Gasteiger partial charge in [0, 0.05) is 0 Å². The zero-order chi connectivity index (χ0) is 9.33. The second kappa shape index (κ2) is 8.03. The predicted octanol–water partition coefficient (Wildman–Crippen LogP) is 4.20. The molecular weight excluding hydrogens is 139 g/mol. The van der Waals surface area contributed by atoms with Crippen LogP contribution in [-0.4, -0.2) is 6.67 Å². The van der Waals surface area contributed by atoms with Gasteiger partial charge in [0.1, 0.15) is 0 Å². The molecule has 0 nitrogen and oxygen atoms in total. The Morgan fingerprint density at radius 2 is 1.64 bits per heavy atom. The summed E-state index contributed by atoms with van der Waals surface area (Å²) in [5.41, 5.74) is -0.0330. The molecule has 1 heteroatoms. The molecule has 0 spiro atoms. The van der Waals surface area contributed by atoms with E-state index in [4.69, 9.17) is 0 Å². The summed E-state index contributed by atoms with van der Waals surface area (Å²) < 4.78 is 12.2. The molecule has 0 radical (unpaired) electrons. The van der Waals surface area contributed by atoms with Gasteiger partial charge in [-0.3, -0.25) is 4.39 Å². The molecule has 0 amide bonds. The molecule has 0 bridgehead atoms. The summed E-state index contributed by atoms with van der Waals surface area (Å²) in [5.74, 6) is 0. The lowest BCUT2D eigenvalue weighted by atomic mass is 9.85. The number of hydrogen-bond acceptors (Lipinski definition) is 0. The first-order valence-corrected chi connectivity index (χ1v) is 4.74. The van der Waals surface area contributed by atoms with Crippen LogP contribution in [0.1, 0.15) is 53.9 Å². The Bertz CT molecular complexity index is 65.3. The lowest BCUT2D eigenvalue weighted by Crippen LogP contribution is -2.16. The third-order valence-electron chi connectivity index (χ3n) is 2.03. The molecule has 0 aliphatic heterocycles. The maximum Gasteiger partial charge on any atom is 0.0947 e. The lowest BCUT2D eigenvalue weighted by molar-refractivity contribution is 0.204. The van der Waals surface area contributed by atoms with Crippen LogP contribution in [0.5, 0.6) is 0 Å². The molecule has 0 saturated heterocycles.